The molecule has 16 heavy (non-hydrogen) atoms. The molecule has 0 saturated heterocycles. The molecular formula is C13H15BrF2. The van der Waals surface area contributed by atoms with Gasteiger partial charge < -0.3 is 0 Å². The minimum atomic E-state index is -0.753. The fourth-order valence-corrected chi connectivity index (χ4v) is 2.80. The molecule has 1 aromatic rings. The maximum atomic E-state index is 13.4. The van der Waals surface area contributed by atoms with Crippen molar-refractivity contribution in [3.63, 3.8) is 0 Å². The van der Waals surface area contributed by atoms with Gasteiger partial charge in [0, 0.05) is 4.83 Å². The maximum Gasteiger partial charge on any atom is 0.162 e. The van der Waals surface area contributed by atoms with Crippen molar-refractivity contribution in [2.75, 3.05) is 0 Å². The summed E-state index contributed by atoms with van der Waals surface area (Å²) in [6, 6.07) is 4.38. The maximum absolute atomic E-state index is 13.4. The lowest BCUT2D eigenvalue weighted by molar-refractivity contribution is 0.468. The van der Waals surface area contributed by atoms with E-state index in [0.29, 0.717) is 17.9 Å². The van der Waals surface area contributed by atoms with Crippen molar-refractivity contribution < 1.29 is 8.78 Å². The molecule has 1 aliphatic carbocycles. The van der Waals surface area contributed by atoms with Gasteiger partial charge in [0.2, 0.25) is 0 Å². The Balaban J connectivity index is 2.05. The van der Waals surface area contributed by atoms with Gasteiger partial charge in [0.05, 0.1) is 0 Å². The van der Waals surface area contributed by atoms with Crippen LogP contribution >= 0.6 is 15.9 Å². The molecule has 3 heteroatoms. The third-order valence-electron chi connectivity index (χ3n) is 3.38. The van der Waals surface area contributed by atoms with Gasteiger partial charge in [-0.3, -0.25) is 0 Å². The van der Waals surface area contributed by atoms with E-state index in [1.54, 1.807) is 12.1 Å². The first-order chi connectivity index (χ1) is 7.59. The molecule has 2 unspecified atom stereocenters. The molecule has 2 atom stereocenters. The van der Waals surface area contributed by atoms with Gasteiger partial charge in [-0.05, 0) is 42.7 Å². The van der Waals surface area contributed by atoms with Crippen LogP contribution in [0.5, 0.6) is 0 Å². The summed E-state index contributed by atoms with van der Waals surface area (Å²) < 4.78 is 26.5. The SMILES string of the molecule is CC(C(Br)Cc1cccc(F)c1F)C1CC1. The van der Waals surface area contributed by atoms with Crippen LogP contribution < -0.4 is 0 Å². The summed E-state index contributed by atoms with van der Waals surface area (Å²) in [7, 11) is 0. The van der Waals surface area contributed by atoms with Crippen LogP contribution in [0.4, 0.5) is 8.78 Å². The molecule has 0 heterocycles. The first-order valence-electron chi connectivity index (χ1n) is 5.66. The van der Waals surface area contributed by atoms with E-state index in [9.17, 15) is 8.78 Å². The van der Waals surface area contributed by atoms with Crippen LogP contribution in [0.2, 0.25) is 0 Å². The van der Waals surface area contributed by atoms with Gasteiger partial charge >= 0.3 is 0 Å². The zero-order chi connectivity index (χ0) is 11.7. The molecular weight excluding hydrogens is 274 g/mol. The second kappa shape index (κ2) is 4.82. The van der Waals surface area contributed by atoms with E-state index < -0.39 is 11.6 Å². The third kappa shape index (κ3) is 2.62. The van der Waals surface area contributed by atoms with Crippen LogP contribution in [0.3, 0.4) is 0 Å². The van der Waals surface area contributed by atoms with Crippen LogP contribution in [-0.4, -0.2) is 4.83 Å². The molecule has 1 aromatic carbocycles. The van der Waals surface area contributed by atoms with Crippen molar-refractivity contribution in [3.8, 4) is 0 Å². The van der Waals surface area contributed by atoms with Crippen LogP contribution in [0.15, 0.2) is 18.2 Å². The van der Waals surface area contributed by atoms with Gasteiger partial charge in [-0.2, -0.15) is 0 Å². The zero-order valence-electron chi connectivity index (χ0n) is 9.22. The van der Waals surface area contributed by atoms with Crippen LogP contribution in [-0.2, 0) is 6.42 Å². The Kier molecular flexibility index (Phi) is 3.63. The Hall–Kier alpha value is -0.440. The van der Waals surface area contributed by atoms with Crippen molar-refractivity contribution in [1.82, 2.24) is 0 Å². The molecule has 1 fully saturated rings. The fourth-order valence-electron chi connectivity index (χ4n) is 2.02. The molecule has 1 aliphatic rings. The highest BCUT2D eigenvalue weighted by molar-refractivity contribution is 9.09. The smallest absolute Gasteiger partial charge is 0.162 e. The highest BCUT2D eigenvalue weighted by atomic mass is 79.9. The van der Waals surface area contributed by atoms with Crippen molar-refractivity contribution in [2.24, 2.45) is 11.8 Å². The highest BCUT2D eigenvalue weighted by Crippen LogP contribution is 2.41. The predicted molar refractivity (Wildman–Crippen MR) is 64.7 cm³/mol. The number of alkyl halides is 1. The zero-order valence-corrected chi connectivity index (χ0v) is 10.8. The van der Waals surface area contributed by atoms with Crippen molar-refractivity contribution in [1.29, 1.82) is 0 Å². The highest BCUT2D eigenvalue weighted by Gasteiger charge is 2.32. The largest absolute Gasteiger partial charge is 0.204 e. The van der Waals surface area contributed by atoms with Gasteiger partial charge in [-0.15, -0.1) is 0 Å². The van der Waals surface area contributed by atoms with Crippen LogP contribution in [0.1, 0.15) is 25.3 Å². The molecule has 88 valence electrons. The second-order valence-electron chi connectivity index (χ2n) is 4.63. The van der Waals surface area contributed by atoms with Crippen molar-refractivity contribution in [3.05, 3.63) is 35.4 Å². The topological polar surface area (TPSA) is 0 Å². The van der Waals surface area contributed by atoms with Gasteiger partial charge in [0.1, 0.15) is 0 Å². The quantitative estimate of drug-likeness (QED) is 0.724. The van der Waals surface area contributed by atoms with E-state index >= 15 is 0 Å². The van der Waals surface area contributed by atoms with Crippen molar-refractivity contribution >= 4 is 15.9 Å². The Morgan fingerprint density at radius 1 is 1.38 bits per heavy atom. The second-order valence-corrected chi connectivity index (χ2v) is 5.81. The Morgan fingerprint density at radius 2 is 2.06 bits per heavy atom. The molecule has 0 N–H and O–H groups in total. The Bertz CT molecular complexity index is 374. The molecule has 0 aromatic heterocycles. The summed E-state index contributed by atoms with van der Waals surface area (Å²) in [5, 5.41) is 0. The Morgan fingerprint density at radius 3 is 2.69 bits per heavy atom. The minimum absolute atomic E-state index is 0.233. The van der Waals surface area contributed by atoms with Crippen molar-refractivity contribution in [2.45, 2.75) is 31.0 Å². The lowest BCUT2D eigenvalue weighted by Crippen LogP contribution is -2.16. The number of benzene rings is 1. The van der Waals surface area contributed by atoms with Gasteiger partial charge in [-0.1, -0.05) is 35.0 Å². The normalized spacial score (nSPS) is 19.5. The number of hydrogen-bond donors (Lipinski definition) is 0. The summed E-state index contributed by atoms with van der Waals surface area (Å²) in [4.78, 5) is 0.233. The lowest BCUT2D eigenvalue weighted by atomic mass is 9.96. The summed E-state index contributed by atoms with van der Waals surface area (Å²) in [5.74, 6) is -0.158. The average Bonchev–Trinajstić information content (AvgIpc) is 3.07. The van der Waals surface area contributed by atoms with Crippen LogP contribution in [0.25, 0.3) is 0 Å². The summed E-state index contributed by atoms with van der Waals surface area (Å²) >= 11 is 3.59. The standard InChI is InChI=1S/C13H15BrF2/c1-8(9-5-6-9)11(14)7-10-3-2-4-12(15)13(10)16/h2-4,8-9,11H,5-7H2,1H3. The van der Waals surface area contributed by atoms with E-state index in [2.05, 4.69) is 22.9 Å². The number of hydrogen-bond acceptors (Lipinski definition) is 0. The summed E-state index contributed by atoms with van der Waals surface area (Å²) in [6.07, 6.45) is 3.10. The lowest BCUT2D eigenvalue weighted by Gasteiger charge is -2.18. The molecule has 0 bridgehead atoms. The molecule has 0 amide bonds. The number of halogens is 3. The van der Waals surface area contributed by atoms with E-state index in [1.165, 1.54) is 12.8 Å². The Labute approximate surface area is 103 Å². The molecule has 1 saturated carbocycles. The minimum Gasteiger partial charge on any atom is -0.204 e. The molecule has 0 spiro atoms. The summed E-state index contributed by atoms with van der Waals surface area (Å²) in [5.41, 5.74) is 0.467. The average molecular weight is 289 g/mol. The fraction of sp³-hybridized carbons (Fsp3) is 0.538. The third-order valence-corrected chi connectivity index (χ3v) is 4.54. The van der Waals surface area contributed by atoms with Gasteiger partial charge in [0.15, 0.2) is 11.6 Å². The first kappa shape index (κ1) is 12.0. The predicted octanol–water partition coefficient (Wildman–Crippen LogP) is 4.32. The van der Waals surface area contributed by atoms with E-state index in [0.717, 1.165) is 12.0 Å². The summed E-state index contributed by atoms with van der Waals surface area (Å²) in [6.45, 7) is 2.17. The van der Waals surface area contributed by atoms with E-state index in [4.69, 9.17) is 0 Å². The molecule has 0 radical (unpaired) electrons. The van der Waals surface area contributed by atoms with Gasteiger partial charge in [0.25, 0.3) is 0 Å². The molecule has 0 nitrogen and oxygen atoms in total. The molecule has 0 aliphatic heterocycles. The molecule has 2 rings (SSSR count). The first-order valence-corrected chi connectivity index (χ1v) is 6.58. The monoisotopic (exact) mass is 288 g/mol. The van der Waals surface area contributed by atoms with E-state index in [1.807, 2.05) is 0 Å². The van der Waals surface area contributed by atoms with Crippen LogP contribution in [0, 0.1) is 23.5 Å². The number of rotatable bonds is 4. The van der Waals surface area contributed by atoms with Gasteiger partial charge in [-0.25, -0.2) is 8.78 Å². The van der Waals surface area contributed by atoms with E-state index in [-0.39, 0.29) is 4.83 Å².